The molecule has 0 aliphatic carbocycles. The van der Waals surface area contributed by atoms with Gasteiger partial charge in [0, 0.05) is 12.2 Å². The molecule has 78 valence electrons. The molecule has 1 aliphatic heterocycles. The Balaban J connectivity index is 2.04. The predicted molar refractivity (Wildman–Crippen MR) is 59.0 cm³/mol. The molecule has 2 aromatic rings. The normalized spacial score (nSPS) is 26.2. The van der Waals surface area contributed by atoms with E-state index >= 15 is 0 Å². The van der Waals surface area contributed by atoms with E-state index in [2.05, 4.69) is 9.97 Å². The molecule has 2 atom stereocenters. The van der Waals surface area contributed by atoms with Crippen molar-refractivity contribution in [1.82, 2.24) is 9.97 Å². The first-order valence-electron chi connectivity index (χ1n) is 4.89. The summed E-state index contributed by atoms with van der Waals surface area (Å²) in [5.74, 6) is 0.240. The smallest absolute Gasteiger partial charge is 0.143 e. The molecule has 1 fully saturated rings. The first-order valence-corrected chi connectivity index (χ1v) is 5.71. The van der Waals surface area contributed by atoms with Crippen molar-refractivity contribution in [3.05, 3.63) is 23.3 Å². The van der Waals surface area contributed by atoms with Gasteiger partial charge < -0.3 is 10.5 Å². The second-order valence-electron chi connectivity index (χ2n) is 3.69. The molecule has 2 aromatic heterocycles. The summed E-state index contributed by atoms with van der Waals surface area (Å²) >= 11 is 1.62. The van der Waals surface area contributed by atoms with Crippen LogP contribution in [0.2, 0.25) is 0 Å². The van der Waals surface area contributed by atoms with Crippen molar-refractivity contribution in [3.63, 3.8) is 0 Å². The molecule has 3 heterocycles. The molecule has 0 aromatic carbocycles. The number of fused-ring (bicyclic) bond motifs is 1. The third kappa shape index (κ3) is 1.52. The van der Waals surface area contributed by atoms with E-state index in [1.165, 1.54) is 0 Å². The number of pyridine rings is 1. The molecule has 1 saturated heterocycles. The van der Waals surface area contributed by atoms with Gasteiger partial charge >= 0.3 is 0 Å². The SMILES string of the molecule is NC1COCC1c1nc2cccnc2s1. The lowest BCUT2D eigenvalue weighted by atomic mass is 10.1. The zero-order valence-corrected chi connectivity index (χ0v) is 8.91. The first-order chi connectivity index (χ1) is 7.34. The molecule has 4 nitrogen and oxygen atoms in total. The maximum atomic E-state index is 5.95. The molecule has 0 bridgehead atoms. The van der Waals surface area contributed by atoms with Crippen LogP contribution < -0.4 is 5.73 Å². The van der Waals surface area contributed by atoms with Crippen molar-refractivity contribution in [2.24, 2.45) is 5.73 Å². The van der Waals surface area contributed by atoms with Crippen molar-refractivity contribution >= 4 is 21.7 Å². The van der Waals surface area contributed by atoms with Crippen molar-refractivity contribution in [1.29, 1.82) is 0 Å². The Morgan fingerprint density at radius 1 is 1.47 bits per heavy atom. The minimum atomic E-state index is 0.0746. The van der Waals surface area contributed by atoms with Crippen molar-refractivity contribution in [2.45, 2.75) is 12.0 Å². The largest absolute Gasteiger partial charge is 0.379 e. The van der Waals surface area contributed by atoms with Crippen LogP contribution in [0.4, 0.5) is 0 Å². The maximum Gasteiger partial charge on any atom is 0.143 e. The number of thiazole rings is 1. The summed E-state index contributed by atoms with van der Waals surface area (Å²) < 4.78 is 5.34. The Labute approximate surface area is 91.1 Å². The highest BCUT2D eigenvalue weighted by Crippen LogP contribution is 2.30. The van der Waals surface area contributed by atoms with E-state index in [-0.39, 0.29) is 12.0 Å². The van der Waals surface area contributed by atoms with Gasteiger partial charge in [0.05, 0.1) is 19.1 Å². The van der Waals surface area contributed by atoms with Crippen LogP contribution in [0.15, 0.2) is 18.3 Å². The van der Waals surface area contributed by atoms with Crippen molar-refractivity contribution in [3.8, 4) is 0 Å². The lowest BCUT2D eigenvalue weighted by molar-refractivity contribution is 0.191. The lowest BCUT2D eigenvalue weighted by Crippen LogP contribution is -2.26. The maximum absolute atomic E-state index is 5.95. The highest BCUT2D eigenvalue weighted by atomic mass is 32.1. The van der Waals surface area contributed by atoms with Gasteiger partial charge in [-0.3, -0.25) is 0 Å². The van der Waals surface area contributed by atoms with E-state index in [0.717, 1.165) is 15.4 Å². The number of ether oxygens (including phenoxy) is 1. The molecule has 2 unspecified atom stereocenters. The Morgan fingerprint density at radius 3 is 3.13 bits per heavy atom. The number of nitrogens with zero attached hydrogens (tertiary/aromatic N) is 2. The fraction of sp³-hybridized carbons (Fsp3) is 0.400. The molecule has 15 heavy (non-hydrogen) atoms. The van der Waals surface area contributed by atoms with Crippen molar-refractivity contribution < 1.29 is 4.74 Å². The lowest BCUT2D eigenvalue weighted by Gasteiger charge is -2.08. The number of hydrogen-bond acceptors (Lipinski definition) is 5. The molecule has 0 amide bonds. The number of hydrogen-bond donors (Lipinski definition) is 1. The molecule has 0 spiro atoms. The molecule has 5 heteroatoms. The quantitative estimate of drug-likeness (QED) is 0.784. The van der Waals surface area contributed by atoms with Gasteiger partial charge in [-0.05, 0) is 12.1 Å². The van der Waals surface area contributed by atoms with Crippen LogP contribution >= 0.6 is 11.3 Å². The Bertz CT molecular complexity index is 451. The van der Waals surface area contributed by atoms with E-state index in [1.54, 1.807) is 17.5 Å². The van der Waals surface area contributed by atoms with Gasteiger partial charge in [0.15, 0.2) is 0 Å². The fourth-order valence-corrected chi connectivity index (χ4v) is 2.84. The number of rotatable bonds is 1. The predicted octanol–water partition coefficient (Wildman–Crippen LogP) is 1.13. The summed E-state index contributed by atoms with van der Waals surface area (Å²) in [6.45, 7) is 1.31. The minimum Gasteiger partial charge on any atom is -0.379 e. The first kappa shape index (κ1) is 9.21. The van der Waals surface area contributed by atoms with E-state index in [4.69, 9.17) is 10.5 Å². The summed E-state index contributed by atoms with van der Waals surface area (Å²) in [6.07, 6.45) is 1.79. The Kier molecular flexibility index (Phi) is 2.16. The van der Waals surface area contributed by atoms with E-state index < -0.39 is 0 Å². The van der Waals surface area contributed by atoms with Gasteiger partial charge in [-0.2, -0.15) is 0 Å². The second-order valence-corrected chi connectivity index (χ2v) is 4.70. The van der Waals surface area contributed by atoms with E-state index in [9.17, 15) is 0 Å². The number of nitrogens with two attached hydrogens (primary N) is 1. The third-order valence-corrected chi connectivity index (χ3v) is 3.74. The van der Waals surface area contributed by atoms with Gasteiger partial charge in [0.1, 0.15) is 15.4 Å². The molecule has 0 radical (unpaired) electrons. The van der Waals surface area contributed by atoms with Crippen LogP contribution in [0.1, 0.15) is 10.9 Å². The van der Waals surface area contributed by atoms with Gasteiger partial charge in [-0.1, -0.05) is 11.3 Å². The fourth-order valence-electron chi connectivity index (χ4n) is 1.77. The molecule has 2 N–H and O–H groups in total. The topological polar surface area (TPSA) is 61.0 Å². The van der Waals surface area contributed by atoms with Crippen LogP contribution in [0.25, 0.3) is 10.3 Å². The van der Waals surface area contributed by atoms with Crippen molar-refractivity contribution in [2.75, 3.05) is 13.2 Å². The molecule has 1 aliphatic rings. The van der Waals surface area contributed by atoms with Gasteiger partial charge in [-0.15, -0.1) is 0 Å². The summed E-state index contributed by atoms with van der Waals surface area (Å²) in [6, 6.07) is 3.95. The highest BCUT2D eigenvalue weighted by molar-refractivity contribution is 7.18. The van der Waals surface area contributed by atoms with Gasteiger partial charge in [0.2, 0.25) is 0 Å². The average molecular weight is 221 g/mol. The highest BCUT2D eigenvalue weighted by Gasteiger charge is 2.29. The monoisotopic (exact) mass is 221 g/mol. The van der Waals surface area contributed by atoms with Crippen LogP contribution in [-0.4, -0.2) is 29.2 Å². The third-order valence-electron chi connectivity index (χ3n) is 2.62. The average Bonchev–Trinajstić information content (AvgIpc) is 2.82. The summed E-state index contributed by atoms with van der Waals surface area (Å²) in [5, 5.41) is 1.05. The Morgan fingerprint density at radius 2 is 2.40 bits per heavy atom. The van der Waals surface area contributed by atoms with Crippen LogP contribution in [0, 0.1) is 0 Å². The summed E-state index contributed by atoms with van der Waals surface area (Å²) in [4.78, 5) is 9.79. The molecular formula is C10H11N3OS. The summed E-state index contributed by atoms with van der Waals surface area (Å²) in [5.41, 5.74) is 6.91. The second kappa shape index (κ2) is 3.52. The molecule has 0 saturated carbocycles. The minimum absolute atomic E-state index is 0.0746. The summed E-state index contributed by atoms with van der Waals surface area (Å²) in [7, 11) is 0. The molecule has 3 rings (SSSR count). The van der Waals surface area contributed by atoms with Crippen LogP contribution in [0.5, 0.6) is 0 Å². The van der Waals surface area contributed by atoms with Gasteiger partial charge in [-0.25, -0.2) is 9.97 Å². The number of aromatic nitrogens is 2. The molecular weight excluding hydrogens is 210 g/mol. The van der Waals surface area contributed by atoms with Crippen LogP contribution in [0.3, 0.4) is 0 Å². The standard InChI is InChI=1S/C10H11N3OS/c11-7-5-14-4-6(7)9-13-8-2-1-3-12-10(8)15-9/h1-3,6-7H,4-5,11H2. The Hall–Kier alpha value is -1.04. The zero-order chi connectivity index (χ0) is 10.3. The zero-order valence-electron chi connectivity index (χ0n) is 8.09. The van der Waals surface area contributed by atoms with E-state index in [1.807, 2.05) is 12.1 Å². The van der Waals surface area contributed by atoms with Gasteiger partial charge in [0.25, 0.3) is 0 Å². The van der Waals surface area contributed by atoms with Crippen LogP contribution in [-0.2, 0) is 4.74 Å². The van der Waals surface area contributed by atoms with E-state index in [0.29, 0.717) is 13.2 Å².